The number of nitrogens with zero attached hydrogens (tertiary/aromatic N) is 2. The number of ether oxygens (including phenoxy) is 1. The van der Waals surface area contributed by atoms with Gasteiger partial charge in [-0.15, -0.1) is 5.10 Å². The minimum absolute atomic E-state index is 0.180. The van der Waals surface area contributed by atoms with Crippen molar-refractivity contribution in [3.05, 3.63) is 41.6 Å². The van der Waals surface area contributed by atoms with Crippen LogP contribution in [0.25, 0.3) is 0 Å². The highest BCUT2D eigenvalue weighted by Gasteiger charge is 2.23. The number of carbonyl (C=O) groups excluding carboxylic acids is 1. The Morgan fingerprint density at radius 2 is 1.77 bits per heavy atom. The van der Waals surface area contributed by atoms with Crippen LogP contribution in [0.5, 0.6) is 5.88 Å². The molecule has 138 valence electrons. The lowest BCUT2D eigenvalue weighted by atomic mass is 9.79. The second kappa shape index (κ2) is 8.17. The average Bonchev–Trinajstić information content (AvgIpc) is 2.62. The monoisotopic (exact) mass is 354 g/mol. The number of anilines is 2. The molecule has 2 aromatic rings. The first-order valence-corrected chi connectivity index (χ1v) is 9.27. The summed E-state index contributed by atoms with van der Waals surface area (Å²) < 4.78 is 5.28. The lowest BCUT2D eigenvalue weighted by Gasteiger charge is -2.27. The molecule has 0 aliphatic heterocycles. The number of carbonyl (C=O) groups is 1. The Labute approximate surface area is 153 Å². The molecule has 1 aliphatic rings. The Morgan fingerprint density at radius 3 is 2.35 bits per heavy atom. The summed E-state index contributed by atoms with van der Waals surface area (Å²) in [7, 11) is 0. The third-order valence-corrected chi connectivity index (χ3v) is 5.03. The Bertz CT molecular complexity index is 733. The summed E-state index contributed by atoms with van der Waals surface area (Å²) in [6.07, 6.45) is 7.40. The van der Waals surface area contributed by atoms with E-state index in [0.29, 0.717) is 22.9 Å². The van der Waals surface area contributed by atoms with Crippen LogP contribution >= 0.6 is 0 Å². The molecule has 1 fully saturated rings. The maximum absolute atomic E-state index is 12.2. The average molecular weight is 354 g/mol. The zero-order chi connectivity index (χ0) is 18.5. The first-order chi connectivity index (χ1) is 12.5. The molecule has 1 saturated carbocycles. The van der Waals surface area contributed by atoms with Crippen molar-refractivity contribution in [1.82, 2.24) is 10.2 Å². The normalized spacial score (nSPS) is 19.9. The van der Waals surface area contributed by atoms with Crippen molar-refractivity contribution in [3.8, 4) is 5.88 Å². The van der Waals surface area contributed by atoms with Crippen molar-refractivity contribution >= 4 is 17.3 Å². The Hall–Kier alpha value is -2.63. The van der Waals surface area contributed by atoms with Gasteiger partial charge in [-0.3, -0.25) is 0 Å². The number of nitrogen functional groups attached to an aromatic ring is 2. The van der Waals surface area contributed by atoms with Crippen molar-refractivity contribution in [2.75, 3.05) is 11.5 Å². The van der Waals surface area contributed by atoms with Crippen molar-refractivity contribution in [2.45, 2.75) is 51.4 Å². The summed E-state index contributed by atoms with van der Waals surface area (Å²) in [4.78, 5) is 12.2. The summed E-state index contributed by atoms with van der Waals surface area (Å²) in [6, 6.07) is 8.24. The van der Waals surface area contributed by atoms with E-state index in [1.54, 1.807) is 12.1 Å². The smallest absolute Gasteiger partial charge is 0.345 e. The van der Waals surface area contributed by atoms with Crippen molar-refractivity contribution < 1.29 is 9.53 Å². The summed E-state index contributed by atoms with van der Waals surface area (Å²) in [5.41, 5.74) is 13.5. The van der Waals surface area contributed by atoms with E-state index in [1.807, 2.05) is 6.07 Å². The van der Waals surface area contributed by atoms with Crippen molar-refractivity contribution in [3.63, 3.8) is 0 Å². The van der Waals surface area contributed by atoms with E-state index in [2.05, 4.69) is 17.1 Å². The lowest BCUT2D eigenvalue weighted by molar-refractivity contribution is 0.0725. The standard InChI is InChI=1S/C20H26N4O2/c1-2-3-13-4-6-14(7-5-13)18-8-9-19(24-23-18)26-20(25)15-10-16(21)12-17(22)11-15/h8-14H,2-7,21-22H2,1H3. The van der Waals surface area contributed by atoms with Crippen LogP contribution in [0.4, 0.5) is 11.4 Å². The largest absolute Gasteiger partial charge is 0.402 e. The van der Waals surface area contributed by atoms with Gasteiger partial charge in [0, 0.05) is 23.4 Å². The van der Waals surface area contributed by atoms with Gasteiger partial charge in [-0.2, -0.15) is 5.10 Å². The zero-order valence-electron chi connectivity index (χ0n) is 15.1. The van der Waals surface area contributed by atoms with Gasteiger partial charge < -0.3 is 16.2 Å². The zero-order valence-corrected chi connectivity index (χ0v) is 15.1. The fraction of sp³-hybridized carbons (Fsp3) is 0.450. The van der Waals surface area contributed by atoms with Gasteiger partial charge in [0.1, 0.15) is 0 Å². The SMILES string of the molecule is CCCC1CCC(c2ccc(OC(=O)c3cc(N)cc(N)c3)nn2)CC1. The van der Waals surface area contributed by atoms with Gasteiger partial charge in [0.2, 0.25) is 5.88 Å². The van der Waals surface area contributed by atoms with Crippen LogP contribution in [0.1, 0.15) is 67.4 Å². The topological polar surface area (TPSA) is 104 Å². The number of esters is 1. The number of benzene rings is 1. The fourth-order valence-corrected chi connectivity index (χ4v) is 3.71. The molecule has 4 N–H and O–H groups in total. The molecule has 1 heterocycles. The molecule has 1 aromatic carbocycles. The van der Waals surface area contributed by atoms with Crippen molar-refractivity contribution in [1.29, 1.82) is 0 Å². The molecule has 1 aromatic heterocycles. The molecule has 0 amide bonds. The Morgan fingerprint density at radius 1 is 1.08 bits per heavy atom. The molecule has 0 radical (unpaired) electrons. The summed E-state index contributed by atoms with van der Waals surface area (Å²) >= 11 is 0. The second-order valence-electron chi connectivity index (χ2n) is 7.08. The molecule has 26 heavy (non-hydrogen) atoms. The Kier molecular flexibility index (Phi) is 5.71. The minimum Gasteiger partial charge on any atom is -0.402 e. The van der Waals surface area contributed by atoms with E-state index in [-0.39, 0.29) is 5.88 Å². The molecule has 0 bridgehead atoms. The quantitative estimate of drug-likeness (QED) is 0.622. The highest BCUT2D eigenvalue weighted by molar-refractivity contribution is 5.93. The molecular formula is C20H26N4O2. The molecule has 0 spiro atoms. The van der Waals surface area contributed by atoms with Crippen LogP contribution < -0.4 is 16.2 Å². The molecule has 0 atom stereocenters. The maximum atomic E-state index is 12.2. The van der Waals surface area contributed by atoms with Crippen molar-refractivity contribution in [2.24, 2.45) is 5.92 Å². The van der Waals surface area contributed by atoms with E-state index in [1.165, 1.54) is 37.8 Å². The lowest BCUT2D eigenvalue weighted by Crippen LogP contribution is -2.15. The number of rotatable bonds is 5. The molecule has 6 heteroatoms. The van der Waals surface area contributed by atoms with Crippen LogP contribution in [-0.2, 0) is 0 Å². The number of aromatic nitrogens is 2. The number of nitrogens with two attached hydrogens (primary N) is 2. The van der Waals surface area contributed by atoms with E-state index >= 15 is 0 Å². The molecular weight excluding hydrogens is 328 g/mol. The Balaban J connectivity index is 1.60. The summed E-state index contributed by atoms with van der Waals surface area (Å²) in [5.74, 6) is 0.940. The molecule has 3 rings (SSSR count). The third-order valence-electron chi connectivity index (χ3n) is 5.03. The molecule has 6 nitrogen and oxygen atoms in total. The van der Waals surface area contributed by atoms with Gasteiger partial charge in [-0.1, -0.05) is 19.8 Å². The van der Waals surface area contributed by atoms with Crippen LogP contribution in [0.15, 0.2) is 30.3 Å². The fourth-order valence-electron chi connectivity index (χ4n) is 3.71. The molecule has 0 unspecified atom stereocenters. The molecule has 0 saturated heterocycles. The second-order valence-corrected chi connectivity index (χ2v) is 7.08. The first-order valence-electron chi connectivity index (χ1n) is 9.27. The van der Waals surface area contributed by atoms with Gasteiger partial charge >= 0.3 is 5.97 Å². The third kappa shape index (κ3) is 4.50. The highest BCUT2D eigenvalue weighted by atomic mass is 16.5. The van der Waals surface area contributed by atoms with Gasteiger partial charge in [0.05, 0.1) is 11.3 Å². The maximum Gasteiger partial charge on any atom is 0.345 e. The van der Waals surface area contributed by atoms with Crippen LogP contribution in [-0.4, -0.2) is 16.2 Å². The number of hydrogen-bond donors (Lipinski definition) is 2. The summed E-state index contributed by atoms with van der Waals surface area (Å²) in [5, 5.41) is 8.34. The number of hydrogen-bond acceptors (Lipinski definition) is 6. The first kappa shape index (κ1) is 18.2. The highest BCUT2D eigenvalue weighted by Crippen LogP contribution is 2.36. The van der Waals surface area contributed by atoms with Crippen LogP contribution in [0.2, 0.25) is 0 Å². The van der Waals surface area contributed by atoms with Gasteiger partial charge in [-0.05, 0) is 55.9 Å². The van der Waals surface area contributed by atoms with Gasteiger partial charge in [0.15, 0.2) is 0 Å². The minimum atomic E-state index is -0.550. The van der Waals surface area contributed by atoms with Gasteiger partial charge in [-0.25, -0.2) is 4.79 Å². The van der Waals surface area contributed by atoms with E-state index in [9.17, 15) is 4.79 Å². The predicted octanol–water partition coefficient (Wildman–Crippen LogP) is 3.93. The van der Waals surface area contributed by atoms with E-state index in [4.69, 9.17) is 16.2 Å². The predicted molar refractivity (Wildman–Crippen MR) is 102 cm³/mol. The molecule has 1 aliphatic carbocycles. The van der Waals surface area contributed by atoms with E-state index in [0.717, 1.165) is 24.5 Å². The van der Waals surface area contributed by atoms with Crippen LogP contribution in [0, 0.1) is 5.92 Å². The van der Waals surface area contributed by atoms with E-state index < -0.39 is 5.97 Å². The van der Waals surface area contributed by atoms with Crippen LogP contribution in [0.3, 0.4) is 0 Å². The summed E-state index contributed by atoms with van der Waals surface area (Å²) in [6.45, 7) is 2.25. The van der Waals surface area contributed by atoms with Gasteiger partial charge in [0.25, 0.3) is 0 Å².